The molecule has 1 spiro atoms. The number of hydrogen-bond donors (Lipinski definition) is 0. The van der Waals surface area contributed by atoms with Crippen molar-refractivity contribution in [2.45, 2.75) is 37.7 Å². The topological polar surface area (TPSA) is 28.1 Å². The number of ether oxygens (including phenoxy) is 1. The van der Waals surface area contributed by atoms with Crippen molar-refractivity contribution >= 4 is 5.96 Å². The summed E-state index contributed by atoms with van der Waals surface area (Å²) in [6.45, 7) is 1.87. The van der Waals surface area contributed by atoms with E-state index in [9.17, 15) is 0 Å². The molecule has 2 aliphatic rings. The van der Waals surface area contributed by atoms with E-state index in [0.29, 0.717) is 5.92 Å². The van der Waals surface area contributed by atoms with E-state index in [4.69, 9.17) is 9.73 Å². The van der Waals surface area contributed by atoms with Crippen molar-refractivity contribution in [3.05, 3.63) is 0 Å². The van der Waals surface area contributed by atoms with Crippen molar-refractivity contribution in [1.29, 1.82) is 0 Å². The van der Waals surface area contributed by atoms with Crippen molar-refractivity contribution in [3.63, 3.8) is 0 Å². The first-order valence-electron chi connectivity index (χ1n) is 7.05. The van der Waals surface area contributed by atoms with Crippen molar-refractivity contribution in [3.8, 4) is 0 Å². The summed E-state index contributed by atoms with van der Waals surface area (Å²) in [5.41, 5.74) is 0.245. The zero-order valence-corrected chi connectivity index (χ0v) is 12.3. The molecule has 1 atom stereocenters. The van der Waals surface area contributed by atoms with Crippen LogP contribution in [0.15, 0.2) is 4.99 Å². The maximum Gasteiger partial charge on any atom is 0.195 e. The first-order chi connectivity index (χ1) is 8.52. The van der Waals surface area contributed by atoms with Gasteiger partial charge in [-0.05, 0) is 38.0 Å². The highest BCUT2D eigenvalue weighted by Crippen LogP contribution is 2.44. The molecule has 104 valence electrons. The number of rotatable bonds is 2. The molecule has 1 aliphatic heterocycles. The molecule has 0 amide bonds. The molecule has 0 N–H and O–H groups in total. The van der Waals surface area contributed by atoms with Gasteiger partial charge in [0.1, 0.15) is 0 Å². The predicted octanol–water partition coefficient (Wildman–Crippen LogP) is 1.81. The van der Waals surface area contributed by atoms with Gasteiger partial charge in [0, 0.05) is 41.3 Å². The Morgan fingerprint density at radius 2 is 1.89 bits per heavy atom. The molecular weight excluding hydrogens is 226 g/mol. The number of guanidine groups is 1. The quantitative estimate of drug-likeness (QED) is 0.555. The molecule has 0 radical (unpaired) electrons. The molecular formula is C14H27N3O. The van der Waals surface area contributed by atoms with Crippen molar-refractivity contribution in [1.82, 2.24) is 9.80 Å². The number of aliphatic imine (C=N–C) groups is 1. The highest BCUT2D eigenvalue weighted by molar-refractivity contribution is 5.79. The Balaban J connectivity index is 1.90. The second-order valence-corrected chi connectivity index (χ2v) is 6.17. The van der Waals surface area contributed by atoms with Gasteiger partial charge < -0.3 is 14.5 Å². The van der Waals surface area contributed by atoms with Gasteiger partial charge in [-0.25, -0.2) is 0 Å². The molecule has 0 aromatic rings. The summed E-state index contributed by atoms with van der Waals surface area (Å²) in [4.78, 5) is 8.95. The van der Waals surface area contributed by atoms with E-state index in [1.165, 1.54) is 32.1 Å². The zero-order chi connectivity index (χ0) is 13.2. The molecule has 4 nitrogen and oxygen atoms in total. The SMILES string of the molecule is CN(C)C(=NCC1CCOC2(CCC2)C1)N(C)C. The van der Waals surface area contributed by atoms with E-state index in [-0.39, 0.29) is 5.60 Å². The molecule has 1 saturated carbocycles. The summed E-state index contributed by atoms with van der Waals surface area (Å²) in [6, 6.07) is 0. The molecule has 0 aromatic carbocycles. The maximum absolute atomic E-state index is 5.96. The van der Waals surface area contributed by atoms with Crippen LogP contribution >= 0.6 is 0 Å². The number of hydrogen-bond acceptors (Lipinski definition) is 2. The molecule has 1 saturated heterocycles. The number of nitrogens with zero attached hydrogens (tertiary/aromatic N) is 3. The molecule has 4 heteroatoms. The Labute approximate surface area is 111 Å². The molecule has 1 unspecified atom stereocenters. The van der Waals surface area contributed by atoms with Gasteiger partial charge in [-0.2, -0.15) is 0 Å². The normalized spacial score (nSPS) is 25.4. The molecule has 1 aliphatic carbocycles. The average Bonchev–Trinajstić information content (AvgIpc) is 2.26. The maximum atomic E-state index is 5.96. The second kappa shape index (κ2) is 5.47. The van der Waals surface area contributed by atoms with Crippen LogP contribution in [0.25, 0.3) is 0 Å². The first-order valence-corrected chi connectivity index (χ1v) is 7.05. The fourth-order valence-electron chi connectivity index (χ4n) is 3.10. The van der Waals surface area contributed by atoms with E-state index in [0.717, 1.165) is 19.1 Å². The summed E-state index contributed by atoms with van der Waals surface area (Å²) >= 11 is 0. The molecule has 1 heterocycles. The Kier molecular flexibility index (Phi) is 4.15. The van der Waals surface area contributed by atoms with Crippen LogP contribution < -0.4 is 0 Å². The van der Waals surface area contributed by atoms with Gasteiger partial charge in [0.2, 0.25) is 0 Å². The van der Waals surface area contributed by atoms with Crippen LogP contribution in [-0.4, -0.2) is 62.7 Å². The van der Waals surface area contributed by atoms with Crippen molar-refractivity contribution < 1.29 is 4.74 Å². The van der Waals surface area contributed by atoms with Crippen molar-refractivity contribution in [2.24, 2.45) is 10.9 Å². The minimum atomic E-state index is 0.245. The van der Waals surface area contributed by atoms with Crippen LogP contribution in [0.3, 0.4) is 0 Å². The minimum absolute atomic E-state index is 0.245. The molecule has 0 aromatic heterocycles. The Morgan fingerprint density at radius 1 is 1.22 bits per heavy atom. The Hall–Kier alpha value is -0.770. The highest BCUT2D eigenvalue weighted by Gasteiger charge is 2.42. The minimum Gasteiger partial charge on any atom is -0.375 e. The van der Waals surface area contributed by atoms with Crippen LogP contribution in [0.5, 0.6) is 0 Å². The lowest BCUT2D eigenvalue weighted by Crippen LogP contribution is -2.46. The van der Waals surface area contributed by atoms with Crippen LogP contribution in [0.4, 0.5) is 0 Å². The van der Waals surface area contributed by atoms with Gasteiger partial charge in [0.05, 0.1) is 5.60 Å². The molecule has 2 fully saturated rings. The summed E-state index contributed by atoms with van der Waals surface area (Å²) < 4.78 is 5.96. The van der Waals surface area contributed by atoms with Crippen LogP contribution in [-0.2, 0) is 4.74 Å². The molecule has 0 bridgehead atoms. The Morgan fingerprint density at radius 3 is 2.39 bits per heavy atom. The van der Waals surface area contributed by atoms with Gasteiger partial charge in [0.15, 0.2) is 5.96 Å². The summed E-state index contributed by atoms with van der Waals surface area (Å²) in [5.74, 6) is 1.76. The summed E-state index contributed by atoms with van der Waals surface area (Å²) in [6.07, 6.45) is 6.25. The van der Waals surface area contributed by atoms with E-state index in [1.54, 1.807) is 0 Å². The van der Waals surface area contributed by atoms with Gasteiger partial charge in [-0.1, -0.05) is 0 Å². The van der Waals surface area contributed by atoms with Crippen molar-refractivity contribution in [2.75, 3.05) is 41.3 Å². The second-order valence-electron chi connectivity index (χ2n) is 6.17. The Bertz CT molecular complexity index is 298. The lowest BCUT2D eigenvalue weighted by atomic mass is 9.72. The first kappa shape index (κ1) is 13.7. The van der Waals surface area contributed by atoms with Crippen LogP contribution in [0, 0.1) is 5.92 Å². The lowest BCUT2D eigenvalue weighted by Gasteiger charge is -2.47. The lowest BCUT2D eigenvalue weighted by molar-refractivity contribution is -0.141. The molecule has 2 rings (SSSR count). The largest absolute Gasteiger partial charge is 0.375 e. The van der Waals surface area contributed by atoms with E-state index in [2.05, 4.69) is 38.0 Å². The monoisotopic (exact) mass is 253 g/mol. The highest BCUT2D eigenvalue weighted by atomic mass is 16.5. The van der Waals surface area contributed by atoms with E-state index >= 15 is 0 Å². The van der Waals surface area contributed by atoms with Gasteiger partial charge >= 0.3 is 0 Å². The summed E-state index contributed by atoms with van der Waals surface area (Å²) in [5, 5.41) is 0. The third-order valence-electron chi connectivity index (χ3n) is 4.15. The fraction of sp³-hybridized carbons (Fsp3) is 0.929. The van der Waals surface area contributed by atoms with Gasteiger partial charge in [-0.15, -0.1) is 0 Å². The van der Waals surface area contributed by atoms with Crippen LogP contribution in [0.2, 0.25) is 0 Å². The zero-order valence-electron chi connectivity index (χ0n) is 12.3. The third-order valence-corrected chi connectivity index (χ3v) is 4.15. The van der Waals surface area contributed by atoms with Gasteiger partial charge in [0.25, 0.3) is 0 Å². The fourth-order valence-corrected chi connectivity index (χ4v) is 3.10. The van der Waals surface area contributed by atoms with Crippen LogP contribution in [0.1, 0.15) is 32.1 Å². The van der Waals surface area contributed by atoms with E-state index < -0.39 is 0 Å². The standard InChI is InChI=1S/C14H27N3O/c1-16(2)13(17(3)4)15-11-12-6-9-18-14(10-12)7-5-8-14/h12H,5-11H2,1-4H3. The predicted molar refractivity (Wildman–Crippen MR) is 74.9 cm³/mol. The average molecular weight is 253 g/mol. The third kappa shape index (κ3) is 2.97. The van der Waals surface area contributed by atoms with E-state index in [1.807, 2.05) is 0 Å². The smallest absolute Gasteiger partial charge is 0.195 e. The van der Waals surface area contributed by atoms with Gasteiger partial charge in [-0.3, -0.25) is 4.99 Å². The summed E-state index contributed by atoms with van der Waals surface area (Å²) in [7, 11) is 8.21. The molecule has 18 heavy (non-hydrogen) atoms.